The van der Waals surface area contributed by atoms with Crippen LogP contribution < -0.4 is 15.4 Å². The summed E-state index contributed by atoms with van der Waals surface area (Å²) in [6.07, 6.45) is 0. The van der Waals surface area contributed by atoms with Crippen LogP contribution in [0.1, 0.15) is 24.1 Å². The monoisotopic (exact) mass is 282 g/mol. The van der Waals surface area contributed by atoms with Crippen LogP contribution in [0.5, 0.6) is 5.75 Å². The minimum absolute atomic E-state index is 0.0550. The molecule has 2 N–H and O–H groups in total. The highest BCUT2D eigenvalue weighted by Crippen LogP contribution is 2.31. The Balaban J connectivity index is 1.60. The van der Waals surface area contributed by atoms with E-state index in [4.69, 9.17) is 4.74 Å². The molecule has 4 heteroatoms. The average Bonchev–Trinajstić information content (AvgIpc) is 2.89. The molecular formula is C17H18N2O2. The Hall–Kier alpha value is -2.33. The summed E-state index contributed by atoms with van der Waals surface area (Å²) < 4.78 is 5.65. The summed E-state index contributed by atoms with van der Waals surface area (Å²) in [5.74, 6) is 0.914. The molecule has 0 saturated carbocycles. The highest BCUT2D eigenvalue weighted by molar-refractivity contribution is 5.88. The molecule has 1 aliphatic heterocycles. The summed E-state index contributed by atoms with van der Waals surface area (Å²) in [6.45, 7) is 2.94. The molecule has 1 aliphatic rings. The van der Waals surface area contributed by atoms with Crippen LogP contribution in [0.3, 0.4) is 0 Å². The van der Waals surface area contributed by atoms with E-state index in [0.717, 1.165) is 18.0 Å². The lowest BCUT2D eigenvalue weighted by atomic mass is 10.1. The third-order valence-corrected chi connectivity index (χ3v) is 3.53. The number of benzene rings is 2. The van der Waals surface area contributed by atoms with Gasteiger partial charge in [-0.3, -0.25) is 4.79 Å². The lowest BCUT2D eigenvalue weighted by Gasteiger charge is -2.12. The Morgan fingerprint density at radius 3 is 2.71 bits per heavy atom. The van der Waals surface area contributed by atoms with Crippen molar-refractivity contribution in [2.45, 2.75) is 19.5 Å². The second kappa shape index (κ2) is 5.97. The SMILES string of the molecule is CC(=O)Nc1ccc(CNC2COc3ccccc32)cc1. The Kier molecular flexibility index (Phi) is 3.88. The number of fused-ring (bicyclic) bond motifs is 1. The number of nitrogens with one attached hydrogen (secondary N) is 2. The number of amides is 1. The molecule has 21 heavy (non-hydrogen) atoms. The van der Waals surface area contributed by atoms with Crippen LogP contribution in [0.15, 0.2) is 48.5 Å². The molecule has 0 spiro atoms. The van der Waals surface area contributed by atoms with Crippen molar-refractivity contribution in [3.63, 3.8) is 0 Å². The smallest absolute Gasteiger partial charge is 0.221 e. The highest BCUT2D eigenvalue weighted by atomic mass is 16.5. The molecule has 0 aliphatic carbocycles. The van der Waals surface area contributed by atoms with Crippen molar-refractivity contribution in [2.75, 3.05) is 11.9 Å². The lowest BCUT2D eigenvalue weighted by molar-refractivity contribution is -0.114. The number of hydrogen-bond acceptors (Lipinski definition) is 3. The van der Waals surface area contributed by atoms with Gasteiger partial charge in [-0.05, 0) is 23.8 Å². The first kappa shape index (κ1) is 13.6. The van der Waals surface area contributed by atoms with E-state index in [1.165, 1.54) is 18.1 Å². The van der Waals surface area contributed by atoms with Crippen LogP contribution in [0.2, 0.25) is 0 Å². The first-order chi connectivity index (χ1) is 10.2. The minimum atomic E-state index is -0.0550. The van der Waals surface area contributed by atoms with Crippen molar-refractivity contribution in [1.82, 2.24) is 5.32 Å². The van der Waals surface area contributed by atoms with E-state index in [-0.39, 0.29) is 11.9 Å². The van der Waals surface area contributed by atoms with Gasteiger partial charge in [0.25, 0.3) is 0 Å². The number of ether oxygens (including phenoxy) is 1. The van der Waals surface area contributed by atoms with Crippen molar-refractivity contribution in [3.05, 3.63) is 59.7 Å². The lowest BCUT2D eigenvalue weighted by Crippen LogP contribution is -2.21. The molecule has 1 heterocycles. The molecular weight excluding hydrogens is 264 g/mol. The molecule has 0 saturated heterocycles. The summed E-state index contributed by atoms with van der Waals surface area (Å²) in [7, 11) is 0. The first-order valence-electron chi connectivity index (χ1n) is 7.04. The Morgan fingerprint density at radius 1 is 1.19 bits per heavy atom. The maximum absolute atomic E-state index is 11.0. The zero-order chi connectivity index (χ0) is 14.7. The van der Waals surface area contributed by atoms with Crippen LogP contribution in [-0.4, -0.2) is 12.5 Å². The first-order valence-corrected chi connectivity index (χ1v) is 7.04. The quantitative estimate of drug-likeness (QED) is 0.906. The average molecular weight is 282 g/mol. The summed E-state index contributed by atoms with van der Waals surface area (Å²) in [5, 5.41) is 6.26. The summed E-state index contributed by atoms with van der Waals surface area (Å²) >= 11 is 0. The second-order valence-electron chi connectivity index (χ2n) is 5.16. The van der Waals surface area contributed by atoms with Gasteiger partial charge in [0.15, 0.2) is 0 Å². The van der Waals surface area contributed by atoms with E-state index in [1.807, 2.05) is 42.5 Å². The highest BCUT2D eigenvalue weighted by Gasteiger charge is 2.22. The Bertz CT molecular complexity index is 637. The van der Waals surface area contributed by atoms with Gasteiger partial charge in [0, 0.05) is 24.7 Å². The van der Waals surface area contributed by atoms with E-state index < -0.39 is 0 Å². The van der Waals surface area contributed by atoms with Gasteiger partial charge < -0.3 is 15.4 Å². The van der Waals surface area contributed by atoms with Crippen molar-refractivity contribution in [1.29, 1.82) is 0 Å². The topological polar surface area (TPSA) is 50.4 Å². The van der Waals surface area contributed by atoms with Crippen LogP contribution in [0.4, 0.5) is 5.69 Å². The fourth-order valence-electron chi connectivity index (χ4n) is 2.48. The molecule has 0 bridgehead atoms. The summed E-state index contributed by atoms with van der Waals surface area (Å²) in [4.78, 5) is 11.0. The molecule has 1 amide bonds. The third kappa shape index (κ3) is 3.23. The molecule has 0 radical (unpaired) electrons. The maximum atomic E-state index is 11.0. The number of rotatable bonds is 4. The Morgan fingerprint density at radius 2 is 1.95 bits per heavy atom. The second-order valence-corrected chi connectivity index (χ2v) is 5.16. The van der Waals surface area contributed by atoms with Crippen LogP contribution in [-0.2, 0) is 11.3 Å². The van der Waals surface area contributed by atoms with Crippen molar-refractivity contribution >= 4 is 11.6 Å². The van der Waals surface area contributed by atoms with Gasteiger partial charge in [-0.25, -0.2) is 0 Å². The zero-order valence-corrected chi connectivity index (χ0v) is 11.9. The van der Waals surface area contributed by atoms with E-state index in [1.54, 1.807) is 0 Å². The molecule has 4 nitrogen and oxygen atoms in total. The van der Waals surface area contributed by atoms with Crippen molar-refractivity contribution in [3.8, 4) is 5.75 Å². The fourth-order valence-corrected chi connectivity index (χ4v) is 2.48. The molecule has 1 unspecified atom stereocenters. The van der Waals surface area contributed by atoms with Gasteiger partial charge in [-0.15, -0.1) is 0 Å². The van der Waals surface area contributed by atoms with E-state index in [2.05, 4.69) is 16.7 Å². The predicted octanol–water partition coefficient (Wildman–Crippen LogP) is 2.87. The number of anilines is 1. The van der Waals surface area contributed by atoms with E-state index in [9.17, 15) is 4.79 Å². The fraction of sp³-hybridized carbons (Fsp3) is 0.235. The largest absolute Gasteiger partial charge is 0.491 e. The maximum Gasteiger partial charge on any atom is 0.221 e. The normalized spacial score (nSPS) is 16.1. The molecule has 0 fully saturated rings. The minimum Gasteiger partial charge on any atom is -0.491 e. The van der Waals surface area contributed by atoms with Gasteiger partial charge in [-0.1, -0.05) is 30.3 Å². The van der Waals surface area contributed by atoms with Gasteiger partial charge in [-0.2, -0.15) is 0 Å². The molecule has 2 aromatic rings. The van der Waals surface area contributed by atoms with Crippen LogP contribution in [0, 0.1) is 0 Å². The third-order valence-electron chi connectivity index (χ3n) is 3.53. The van der Waals surface area contributed by atoms with E-state index >= 15 is 0 Å². The van der Waals surface area contributed by atoms with Gasteiger partial charge in [0.05, 0.1) is 6.04 Å². The van der Waals surface area contributed by atoms with Gasteiger partial charge in [0.2, 0.25) is 5.91 Å². The molecule has 0 aromatic heterocycles. The number of carbonyl (C=O) groups is 1. The molecule has 1 atom stereocenters. The van der Waals surface area contributed by atoms with Crippen LogP contribution in [0.25, 0.3) is 0 Å². The zero-order valence-electron chi connectivity index (χ0n) is 11.9. The number of hydrogen-bond donors (Lipinski definition) is 2. The summed E-state index contributed by atoms with van der Waals surface area (Å²) in [6, 6.07) is 16.2. The van der Waals surface area contributed by atoms with Crippen LogP contribution >= 0.6 is 0 Å². The molecule has 3 rings (SSSR count). The standard InChI is InChI=1S/C17H18N2O2/c1-12(20)19-14-8-6-13(7-9-14)10-18-16-11-21-17-5-3-2-4-15(16)17/h2-9,16,18H,10-11H2,1H3,(H,19,20). The molecule has 108 valence electrons. The molecule has 2 aromatic carbocycles. The van der Waals surface area contributed by atoms with Crippen molar-refractivity contribution < 1.29 is 9.53 Å². The van der Waals surface area contributed by atoms with Gasteiger partial charge >= 0.3 is 0 Å². The van der Waals surface area contributed by atoms with E-state index in [0.29, 0.717) is 6.61 Å². The van der Waals surface area contributed by atoms with Crippen molar-refractivity contribution in [2.24, 2.45) is 0 Å². The predicted molar refractivity (Wildman–Crippen MR) is 82.3 cm³/mol. The van der Waals surface area contributed by atoms with Gasteiger partial charge in [0.1, 0.15) is 12.4 Å². The Labute approximate surface area is 124 Å². The summed E-state index contributed by atoms with van der Waals surface area (Å²) in [5.41, 5.74) is 3.21. The number of para-hydroxylation sites is 1. The number of carbonyl (C=O) groups excluding carboxylic acids is 1.